The van der Waals surface area contributed by atoms with Gasteiger partial charge in [-0.3, -0.25) is 9.78 Å². The normalized spacial score (nSPS) is 21.6. The Hall–Kier alpha value is -2.23. The molecule has 2 N–H and O–H groups in total. The van der Waals surface area contributed by atoms with E-state index >= 15 is 0 Å². The number of benzene rings is 2. The van der Waals surface area contributed by atoms with E-state index in [1.54, 1.807) is 24.4 Å². The van der Waals surface area contributed by atoms with Crippen LogP contribution in [0, 0.1) is 5.92 Å². The molecule has 0 unspecified atom stereocenters. The monoisotopic (exact) mass is 591 g/mol. The van der Waals surface area contributed by atoms with Crippen LogP contribution >= 0.6 is 34.8 Å². The lowest BCUT2D eigenvalue weighted by atomic mass is 9.90. The molecule has 2 aromatic carbocycles. The van der Waals surface area contributed by atoms with Gasteiger partial charge in [0.05, 0.1) is 18.8 Å². The summed E-state index contributed by atoms with van der Waals surface area (Å²) in [6, 6.07) is 20.8. The van der Waals surface area contributed by atoms with Gasteiger partial charge in [-0.25, -0.2) is 0 Å². The molecule has 1 aromatic heterocycles. The van der Waals surface area contributed by atoms with Crippen molar-refractivity contribution < 1.29 is 19.4 Å². The number of alkyl halides is 3. The summed E-state index contributed by atoms with van der Waals surface area (Å²) >= 11 is 17.2. The zero-order valence-corrected chi connectivity index (χ0v) is 24.0. The third kappa shape index (κ3) is 8.14. The molecular weight excluding hydrogens is 561 g/mol. The van der Waals surface area contributed by atoms with Crippen LogP contribution in [0.4, 0.5) is 5.69 Å². The Morgan fingerprint density at radius 3 is 2.49 bits per heavy atom. The lowest BCUT2D eigenvalue weighted by molar-refractivity contribution is -0.275. The van der Waals surface area contributed by atoms with E-state index in [1.165, 1.54) is 0 Å². The Bertz CT molecular complexity index is 1220. The smallest absolute Gasteiger partial charge is 0.276 e. The first-order valence-electron chi connectivity index (χ1n) is 12.7. The van der Waals surface area contributed by atoms with E-state index in [2.05, 4.69) is 29.2 Å². The fourth-order valence-corrected chi connectivity index (χ4v) is 4.68. The molecule has 4 rings (SSSR count). The molecule has 0 radical (unpaired) electrons. The molecule has 0 aliphatic carbocycles. The molecule has 1 aliphatic heterocycles. The van der Waals surface area contributed by atoms with Gasteiger partial charge in [-0.05, 0) is 42.4 Å². The van der Waals surface area contributed by atoms with Crippen LogP contribution in [0.15, 0.2) is 72.9 Å². The van der Waals surface area contributed by atoms with Gasteiger partial charge >= 0.3 is 0 Å². The Kier molecular flexibility index (Phi) is 10.2. The molecule has 7 nitrogen and oxygen atoms in total. The molecule has 1 saturated heterocycles. The van der Waals surface area contributed by atoms with Crippen LogP contribution in [0.3, 0.4) is 0 Å². The molecule has 2 heterocycles. The van der Waals surface area contributed by atoms with E-state index in [-0.39, 0.29) is 24.7 Å². The molecule has 0 spiro atoms. The van der Waals surface area contributed by atoms with Crippen LogP contribution in [0.1, 0.15) is 41.7 Å². The maximum Gasteiger partial charge on any atom is 0.276 e. The molecule has 39 heavy (non-hydrogen) atoms. The lowest BCUT2D eigenvalue weighted by Gasteiger charge is -2.42. The van der Waals surface area contributed by atoms with Gasteiger partial charge in [0, 0.05) is 48.6 Å². The van der Waals surface area contributed by atoms with Crippen molar-refractivity contribution >= 4 is 46.4 Å². The largest absolute Gasteiger partial charge is 0.392 e. The van der Waals surface area contributed by atoms with Crippen molar-refractivity contribution in [2.45, 2.75) is 42.2 Å². The first-order valence-corrected chi connectivity index (χ1v) is 13.8. The van der Waals surface area contributed by atoms with E-state index in [1.807, 2.05) is 48.5 Å². The predicted molar refractivity (Wildman–Crippen MR) is 154 cm³/mol. The second-order valence-corrected chi connectivity index (χ2v) is 12.0. The molecule has 4 atom stereocenters. The first kappa shape index (κ1) is 29.7. The number of anilines is 1. The van der Waals surface area contributed by atoms with Crippen molar-refractivity contribution in [2.24, 2.45) is 5.92 Å². The number of nitrogens with one attached hydrogen (secondary N) is 1. The van der Waals surface area contributed by atoms with Gasteiger partial charge in [0.1, 0.15) is 0 Å². The van der Waals surface area contributed by atoms with Crippen LogP contribution in [-0.4, -0.2) is 50.9 Å². The Morgan fingerprint density at radius 2 is 1.82 bits per heavy atom. The SMILES string of the molecule is C[C@H]1[C@@H](CN(C)CCc2ccccn2)O[C@@H](c2cccc(NC(=O)C(Cl)(Cl)Cl)c2)O[C@H]1c1ccc(CO)cc1. The minimum Gasteiger partial charge on any atom is -0.392 e. The Balaban J connectivity index is 1.55. The molecule has 1 aliphatic rings. The minimum absolute atomic E-state index is 0.0243. The number of aliphatic hydroxyl groups is 1. The van der Waals surface area contributed by atoms with Gasteiger partial charge in [-0.1, -0.05) is 84.2 Å². The van der Waals surface area contributed by atoms with Gasteiger partial charge in [0.25, 0.3) is 9.70 Å². The Morgan fingerprint density at radius 1 is 1.05 bits per heavy atom. The van der Waals surface area contributed by atoms with Crippen LogP contribution in [0.5, 0.6) is 0 Å². The number of hydrogen-bond donors (Lipinski definition) is 2. The molecule has 1 amide bonds. The highest BCUT2D eigenvalue weighted by molar-refractivity contribution is 6.76. The molecule has 208 valence electrons. The summed E-state index contributed by atoms with van der Waals surface area (Å²) in [4.78, 5) is 18.9. The topological polar surface area (TPSA) is 83.9 Å². The summed E-state index contributed by atoms with van der Waals surface area (Å²) in [6.45, 7) is 3.60. The van der Waals surface area contributed by atoms with Gasteiger partial charge < -0.3 is 24.8 Å². The summed E-state index contributed by atoms with van der Waals surface area (Å²) in [5.41, 5.74) is 4.05. The van der Waals surface area contributed by atoms with Crippen molar-refractivity contribution in [1.29, 1.82) is 0 Å². The second kappa shape index (κ2) is 13.4. The molecule has 0 bridgehead atoms. The predicted octanol–water partition coefficient (Wildman–Crippen LogP) is 5.85. The summed E-state index contributed by atoms with van der Waals surface area (Å²) in [6.07, 6.45) is 1.53. The van der Waals surface area contributed by atoms with Gasteiger partial charge in [-0.15, -0.1) is 0 Å². The molecule has 10 heteroatoms. The van der Waals surface area contributed by atoms with Crippen LogP contribution < -0.4 is 5.32 Å². The zero-order chi connectivity index (χ0) is 28.0. The number of carbonyl (C=O) groups excluding carboxylic acids is 1. The molecule has 3 aromatic rings. The fourth-order valence-electron chi connectivity index (χ4n) is 4.54. The molecule has 0 saturated carbocycles. The fraction of sp³-hybridized carbons (Fsp3) is 0.379. The lowest BCUT2D eigenvalue weighted by Crippen LogP contribution is -2.44. The van der Waals surface area contributed by atoms with E-state index < -0.39 is 16.0 Å². The number of amides is 1. The average Bonchev–Trinajstić information content (AvgIpc) is 2.93. The Labute approximate surface area is 244 Å². The van der Waals surface area contributed by atoms with E-state index in [4.69, 9.17) is 44.3 Å². The number of nitrogens with zero attached hydrogens (tertiary/aromatic N) is 2. The number of carbonyl (C=O) groups is 1. The minimum atomic E-state index is -2.08. The molecule has 1 fully saturated rings. The van der Waals surface area contributed by atoms with Gasteiger partial charge in [-0.2, -0.15) is 0 Å². The van der Waals surface area contributed by atoms with Crippen molar-refractivity contribution in [2.75, 3.05) is 25.5 Å². The second-order valence-electron chi connectivity index (χ2n) is 9.73. The number of ether oxygens (including phenoxy) is 2. The maximum absolute atomic E-state index is 12.2. The van der Waals surface area contributed by atoms with E-state index in [9.17, 15) is 9.90 Å². The van der Waals surface area contributed by atoms with Crippen LogP contribution in [0.2, 0.25) is 0 Å². The number of aromatic nitrogens is 1. The number of aliphatic hydroxyl groups excluding tert-OH is 1. The van der Waals surface area contributed by atoms with Crippen LogP contribution in [0.25, 0.3) is 0 Å². The summed E-state index contributed by atoms with van der Waals surface area (Å²) in [5.74, 6) is -0.719. The summed E-state index contributed by atoms with van der Waals surface area (Å²) < 4.78 is 10.9. The highest BCUT2D eigenvalue weighted by Gasteiger charge is 2.39. The quantitative estimate of drug-likeness (QED) is 0.304. The summed E-state index contributed by atoms with van der Waals surface area (Å²) in [5, 5.41) is 12.1. The summed E-state index contributed by atoms with van der Waals surface area (Å²) in [7, 11) is 2.07. The van der Waals surface area contributed by atoms with Gasteiger partial charge in [0.2, 0.25) is 0 Å². The number of likely N-dealkylation sites (N-methyl/N-ethyl adjacent to an activating group) is 1. The first-order chi connectivity index (χ1) is 18.6. The number of hydrogen-bond acceptors (Lipinski definition) is 6. The van der Waals surface area contributed by atoms with Crippen molar-refractivity contribution in [3.63, 3.8) is 0 Å². The molecular formula is C29H32Cl3N3O4. The standard InChI is InChI=1S/C29H32Cl3N3O4/c1-19-25(17-35(2)15-13-23-7-3-4-14-33-23)38-27(39-26(19)21-11-9-20(18-36)10-12-21)22-6-5-8-24(16-22)34-28(37)29(30,31)32/h3-12,14,16,19,25-27,36H,13,15,17-18H2,1-2H3,(H,34,37)/t19-,25+,26+,27+/m0/s1. The van der Waals surface area contributed by atoms with E-state index in [0.29, 0.717) is 12.2 Å². The average molecular weight is 593 g/mol. The number of halogens is 3. The van der Waals surface area contributed by atoms with Crippen molar-refractivity contribution in [3.8, 4) is 0 Å². The number of pyridine rings is 1. The maximum atomic E-state index is 12.2. The highest BCUT2D eigenvalue weighted by atomic mass is 35.6. The zero-order valence-electron chi connectivity index (χ0n) is 21.8. The van der Waals surface area contributed by atoms with Crippen LogP contribution in [-0.2, 0) is 27.3 Å². The van der Waals surface area contributed by atoms with Crippen molar-refractivity contribution in [1.82, 2.24) is 9.88 Å². The van der Waals surface area contributed by atoms with E-state index in [0.717, 1.165) is 35.3 Å². The third-order valence-electron chi connectivity index (χ3n) is 6.76. The number of rotatable bonds is 9. The highest BCUT2D eigenvalue weighted by Crippen LogP contribution is 2.42. The van der Waals surface area contributed by atoms with Crippen molar-refractivity contribution in [3.05, 3.63) is 95.3 Å². The van der Waals surface area contributed by atoms with Gasteiger partial charge in [0.15, 0.2) is 6.29 Å². The third-order valence-corrected chi connectivity index (χ3v) is 7.28.